The molecule has 9 heavy (non-hydrogen) atoms. The molecule has 1 aromatic rings. The number of rotatable bonds is 3. The number of aromatic nitrogens is 3. The third-order valence-electron chi connectivity index (χ3n) is 0.900. The third-order valence-corrected chi connectivity index (χ3v) is 0.900. The van der Waals surface area contributed by atoms with Crippen LogP contribution < -0.4 is 0 Å². The molecule has 1 rings (SSSR count). The monoisotopic (exact) mass is 127 g/mol. The van der Waals surface area contributed by atoms with Crippen molar-refractivity contribution >= 4 is 0 Å². The Hall–Kier alpha value is -0.900. The van der Waals surface area contributed by atoms with Crippen molar-refractivity contribution < 1.29 is 4.74 Å². The van der Waals surface area contributed by atoms with Crippen LogP contribution >= 0.6 is 0 Å². The first kappa shape index (κ1) is 6.22. The Kier molecular flexibility index (Phi) is 2.21. The molecule has 0 fully saturated rings. The van der Waals surface area contributed by atoms with Crippen molar-refractivity contribution in [1.29, 1.82) is 0 Å². The second kappa shape index (κ2) is 3.19. The molecule has 0 atom stereocenters. The van der Waals surface area contributed by atoms with Crippen molar-refractivity contribution in [2.75, 3.05) is 6.61 Å². The molecule has 1 aromatic heterocycles. The number of hydrogen-bond acceptors (Lipinski definition) is 3. The van der Waals surface area contributed by atoms with Crippen molar-refractivity contribution in [2.24, 2.45) is 0 Å². The van der Waals surface area contributed by atoms with Gasteiger partial charge in [-0.3, -0.25) is 0 Å². The largest absolute Gasteiger partial charge is 0.359 e. The maximum Gasteiger partial charge on any atom is 0.141 e. The second-order valence-corrected chi connectivity index (χ2v) is 1.56. The van der Waals surface area contributed by atoms with Crippen molar-refractivity contribution in [1.82, 2.24) is 15.0 Å². The van der Waals surface area contributed by atoms with Gasteiger partial charge in [0.25, 0.3) is 0 Å². The second-order valence-electron chi connectivity index (χ2n) is 1.56. The Morgan fingerprint density at radius 2 is 2.56 bits per heavy atom. The van der Waals surface area contributed by atoms with E-state index in [1.165, 1.54) is 0 Å². The van der Waals surface area contributed by atoms with Crippen molar-refractivity contribution in [3.05, 3.63) is 12.4 Å². The first-order chi connectivity index (χ1) is 4.43. The lowest BCUT2D eigenvalue weighted by Crippen LogP contribution is -2.02. The lowest BCUT2D eigenvalue weighted by atomic mass is 10.8. The number of hydrogen-bond donors (Lipinski definition) is 0. The fourth-order valence-electron chi connectivity index (χ4n) is 0.486. The van der Waals surface area contributed by atoms with E-state index in [1.807, 2.05) is 6.92 Å². The molecular formula is C5H9N3O. The van der Waals surface area contributed by atoms with Crippen LogP contribution in [-0.2, 0) is 11.5 Å². The molecule has 0 saturated carbocycles. The van der Waals surface area contributed by atoms with Gasteiger partial charge < -0.3 is 4.74 Å². The summed E-state index contributed by atoms with van der Waals surface area (Å²) in [4.78, 5) is 0. The van der Waals surface area contributed by atoms with Crippen LogP contribution in [0, 0.1) is 0 Å². The molecule has 0 N–H and O–H groups in total. The Labute approximate surface area is 53.4 Å². The van der Waals surface area contributed by atoms with Crippen LogP contribution in [0.15, 0.2) is 12.4 Å². The fraction of sp³-hybridized carbons (Fsp3) is 0.600. The molecule has 4 nitrogen and oxygen atoms in total. The summed E-state index contributed by atoms with van der Waals surface area (Å²) in [7, 11) is 0. The van der Waals surface area contributed by atoms with Crippen molar-refractivity contribution in [3.8, 4) is 0 Å². The van der Waals surface area contributed by atoms with Gasteiger partial charge in [-0.15, -0.1) is 5.10 Å². The Morgan fingerprint density at radius 3 is 3.11 bits per heavy atom. The smallest absolute Gasteiger partial charge is 0.141 e. The van der Waals surface area contributed by atoms with Gasteiger partial charge in [-0.05, 0) is 6.92 Å². The molecule has 0 aliphatic carbocycles. The minimum atomic E-state index is 0.497. The zero-order chi connectivity index (χ0) is 6.53. The summed E-state index contributed by atoms with van der Waals surface area (Å²) in [5, 5.41) is 7.30. The molecule has 0 saturated heterocycles. The molecule has 0 aromatic carbocycles. The molecule has 0 aliphatic rings. The average Bonchev–Trinajstić information content (AvgIpc) is 2.34. The molecule has 4 heteroatoms. The summed E-state index contributed by atoms with van der Waals surface area (Å²) in [6, 6.07) is 0. The maximum atomic E-state index is 5.04. The summed E-state index contributed by atoms with van der Waals surface area (Å²) in [6.45, 7) is 3.15. The molecule has 0 spiro atoms. The van der Waals surface area contributed by atoms with Gasteiger partial charge in [0.15, 0.2) is 0 Å². The SMILES string of the molecule is CCOCn1ccnn1. The van der Waals surface area contributed by atoms with E-state index in [-0.39, 0.29) is 0 Å². The van der Waals surface area contributed by atoms with Gasteiger partial charge in [-0.1, -0.05) is 5.21 Å². The predicted octanol–water partition coefficient (Wildman–Crippen LogP) is 0.272. The lowest BCUT2D eigenvalue weighted by molar-refractivity contribution is 0.0778. The summed E-state index contributed by atoms with van der Waals surface area (Å²) in [6.07, 6.45) is 3.38. The van der Waals surface area contributed by atoms with E-state index in [4.69, 9.17) is 4.74 Å². The lowest BCUT2D eigenvalue weighted by Gasteiger charge is -1.97. The first-order valence-corrected chi connectivity index (χ1v) is 2.85. The van der Waals surface area contributed by atoms with Crippen LogP contribution in [-0.4, -0.2) is 21.6 Å². The van der Waals surface area contributed by atoms with E-state index in [2.05, 4.69) is 10.3 Å². The summed E-state index contributed by atoms with van der Waals surface area (Å²) in [5.41, 5.74) is 0. The van der Waals surface area contributed by atoms with Crippen LogP contribution in [0.3, 0.4) is 0 Å². The van der Waals surface area contributed by atoms with Gasteiger partial charge in [0.05, 0.1) is 6.20 Å². The summed E-state index contributed by atoms with van der Waals surface area (Å²) >= 11 is 0. The number of ether oxygens (including phenoxy) is 1. The predicted molar refractivity (Wildman–Crippen MR) is 31.6 cm³/mol. The van der Waals surface area contributed by atoms with Gasteiger partial charge in [0.2, 0.25) is 0 Å². The normalized spacial score (nSPS) is 9.89. The van der Waals surface area contributed by atoms with Crippen LogP contribution in [0.1, 0.15) is 6.92 Å². The highest BCUT2D eigenvalue weighted by molar-refractivity contribution is 4.61. The van der Waals surface area contributed by atoms with E-state index in [1.54, 1.807) is 17.1 Å². The molecule has 0 radical (unpaired) electrons. The van der Waals surface area contributed by atoms with Gasteiger partial charge in [0.1, 0.15) is 6.73 Å². The highest BCUT2D eigenvalue weighted by atomic mass is 16.5. The molecule has 1 heterocycles. The maximum absolute atomic E-state index is 5.04. The summed E-state index contributed by atoms with van der Waals surface area (Å²) in [5.74, 6) is 0. The minimum Gasteiger partial charge on any atom is -0.359 e. The zero-order valence-electron chi connectivity index (χ0n) is 5.32. The van der Waals surface area contributed by atoms with Crippen LogP contribution in [0.25, 0.3) is 0 Å². The average molecular weight is 127 g/mol. The third kappa shape index (κ3) is 1.81. The van der Waals surface area contributed by atoms with Gasteiger partial charge in [0, 0.05) is 12.8 Å². The van der Waals surface area contributed by atoms with Gasteiger partial charge >= 0.3 is 0 Å². The standard InChI is InChI=1S/C5H9N3O/c1-2-9-5-8-4-3-6-7-8/h3-4H,2,5H2,1H3. The highest BCUT2D eigenvalue weighted by Crippen LogP contribution is 1.81. The molecule has 0 unspecified atom stereocenters. The van der Waals surface area contributed by atoms with E-state index >= 15 is 0 Å². The molecule has 0 amide bonds. The molecule has 50 valence electrons. The minimum absolute atomic E-state index is 0.497. The topological polar surface area (TPSA) is 39.9 Å². The summed E-state index contributed by atoms with van der Waals surface area (Å²) < 4.78 is 6.67. The highest BCUT2D eigenvalue weighted by Gasteiger charge is 1.86. The fourth-order valence-corrected chi connectivity index (χ4v) is 0.486. The van der Waals surface area contributed by atoms with Crippen LogP contribution in [0.4, 0.5) is 0 Å². The van der Waals surface area contributed by atoms with Crippen LogP contribution in [0.5, 0.6) is 0 Å². The first-order valence-electron chi connectivity index (χ1n) is 2.85. The van der Waals surface area contributed by atoms with E-state index in [0.29, 0.717) is 13.3 Å². The number of nitrogens with zero attached hydrogens (tertiary/aromatic N) is 3. The van der Waals surface area contributed by atoms with Crippen molar-refractivity contribution in [2.45, 2.75) is 13.7 Å². The molecule has 0 aliphatic heterocycles. The Bertz CT molecular complexity index is 149. The van der Waals surface area contributed by atoms with Crippen LogP contribution in [0.2, 0.25) is 0 Å². The molecule has 0 bridgehead atoms. The zero-order valence-corrected chi connectivity index (χ0v) is 5.32. The van der Waals surface area contributed by atoms with Gasteiger partial charge in [-0.25, -0.2) is 4.68 Å². The van der Waals surface area contributed by atoms with E-state index in [0.717, 1.165) is 0 Å². The quantitative estimate of drug-likeness (QED) is 0.585. The van der Waals surface area contributed by atoms with E-state index in [9.17, 15) is 0 Å². The van der Waals surface area contributed by atoms with Crippen molar-refractivity contribution in [3.63, 3.8) is 0 Å². The molecular weight excluding hydrogens is 118 g/mol. The Morgan fingerprint density at radius 1 is 1.67 bits per heavy atom. The van der Waals surface area contributed by atoms with Gasteiger partial charge in [-0.2, -0.15) is 0 Å². The van der Waals surface area contributed by atoms with E-state index < -0.39 is 0 Å². The Balaban J connectivity index is 2.30.